The summed E-state index contributed by atoms with van der Waals surface area (Å²) in [7, 11) is 3.98. The van der Waals surface area contributed by atoms with E-state index >= 15 is 0 Å². The zero-order chi connectivity index (χ0) is 10.9. The summed E-state index contributed by atoms with van der Waals surface area (Å²) in [4.78, 5) is 14.4. The Labute approximate surface area is 90.1 Å². The average Bonchev–Trinajstić information content (AvgIpc) is 2.89. The topological polar surface area (TPSA) is 33.5 Å². The Morgan fingerprint density at radius 2 is 2.07 bits per heavy atom. The summed E-state index contributed by atoms with van der Waals surface area (Å²) in [5.74, 6) is 0.207. The van der Waals surface area contributed by atoms with Gasteiger partial charge in [0.25, 0.3) is 0 Å². The predicted molar refractivity (Wildman–Crippen MR) is 57.9 cm³/mol. The Bertz CT molecular complexity index is 335. The number of Topliss-reactive ketones (excluding diaryl/α,β-unsaturated/α-hetero) is 1. The minimum absolute atomic E-state index is 0.207. The van der Waals surface area contributed by atoms with Gasteiger partial charge in [-0.25, -0.2) is 0 Å². The molecule has 0 N–H and O–H groups in total. The molecule has 0 bridgehead atoms. The van der Waals surface area contributed by atoms with Crippen molar-refractivity contribution in [3.8, 4) is 0 Å². The molecular weight excluding hydrogens is 190 g/mol. The number of nitrogens with zero attached hydrogens (tertiary/aromatic N) is 1. The molecule has 0 unspecified atom stereocenters. The average molecular weight is 207 g/mol. The van der Waals surface area contributed by atoms with E-state index in [4.69, 9.17) is 4.42 Å². The minimum atomic E-state index is -0.288. The summed E-state index contributed by atoms with van der Waals surface area (Å²) in [6.07, 6.45) is 7.31. The zero-order valence-electron chi connectivity index (χ0n) is 9.32. The molecule has 3 heteroatoms. The summed E-state index contributed by atoms with van der Waals surface area (Å²) in [6, 6.07) is 1.76. The van der Waals surface area contributed by atoms with Crippen LogP contribution in [-0.4, -0.2) is 30.3 Å². The molecule has 0 aliphatic heterocycles. The lowest BCUT2D eigenvalue weighted by molar-refractivity contribution is 0.0692. The third-order valence-electron chi connectivity index (χ3n) is 3.49. The Hall–Kier alpha value is -1.09. The van der Waals surface area contributed by atoms with Gasteiger partial charge in [0.05, 0.1) is 17.4 Å². The lowest BCUT2D eigenvalue weighted by Gasteiger charge is -2.34. The van der Waals surface area contributed by atoms with E-state index in [1.807, 2.05) is 14.1 Å². The number of carbonyl (C=O) groups is 1. The van der Waals surface area contributed by atoms with Crippen LogP contribution in [0, 0.1) is 0 Å². The standard InChI is InChI=1S/C12H17NO2/c1-13(2)12(6-3-4-7-12)11(14)10-5-8-15-9-10/h5,8-9H,3-4,6-7H2,1-2H3. The molecule has 1 aromatic heterocycles. The first-order valence-corrected chi connectivity index (χ1v) is 5.41. The van der Waals surface area contributed by atoms with Crippen LogP contribution >= 0.6 is 0 Å². The van der Waals surface area contributed by atoms with E-state index in [2.05, 4.69) is 4.90 Å². The van der Waals surface area contributed by atoms with Gasteiger partial charge < -0.3 is 4.42 Å². The molecule has 1 aromatic rings. The summed E-state index contributed by atoms with van der Waals surface area (Å²) >= 11 is 0. The van der Waals surface area contributed by atoms with Crippen molar-refractivity contribution in [3.05, 3.63) is 24.2 Å². The van der Waals surface area contributed by atoms with Crippen molar-refractivity contribution in [1.82, 2.24) is 4.90 Å². The lowest BCUT2D eigenvalue weighted by atomic mass is 9.87. The van der Waals surface area contributed by atoms with Crippen LogP contribution in [0.4, 0.5) is 0 Å². The highest BCUT2D eigenvalue weighted by molar-refractivity contribution is 6.03. The molecule has 3 nitrogen and oxygen atoms in total. The molecule has 0 spiro atoms. The monoisotopic (exact) mass is 207 g/mol. The molecule has 15 heavy (non-hydrogen) atoms. The van der Waals surface area contributed by atoms with Crippen LogP contribution in [0.2, 0.25) is 0 Å². The highest BCUT2D eigenvalue weighted by Crippen LogP contribution is 2.36. The van der Waals surface area contributed by atoms with Crippen molar-refractivity contribution >= 4 is 5.78 Å². The van der Waals surface area contributed by atoms with E-state index in [0.29, 0.717) is 5.56 Å². The van der Waals surface area contributed by atoms with E-state index < -0.39 is 0 Å². The second-order valence-electron chi connectivity index (χ2n) is 4.47. The first-order valence-electron chi connectivity index (χ1n) is 5.41. The van der Waals surface area contributed by atoms with Gasteiger partial charge >= 0.3 is 0 Å². The number of hydrogen-bond acceptors (Lipinski definition) is 3. The first-order chi connectivity index (χ1) is 7.17. The molecule has 82 valence electrons. The van der Waals surface area contributed by atoms with Crippen LogP contribution in [0.5, 0.6) is 0 Å². The van der Waals surface area contributed by atoms with E-state index in [1.165, 1.54) is 0 Å². The fourth-order valence-electron chi connectivity index (χ4n) is 2.50. The normalized spacial score (nSPS) is 19.7. The van der Waals surface area contributed by atoms with Gasteiger partial charge in [-0.3, -0.25) is 9.69 Å². The summed E-state index contributed by atoms with van der Waals surface area (Å²) in [6.45, 7) is 0. The van der Waals surface area contributed by atoms with E-state index in [-0.39, 0.29) is 11.3 Å². The molecule has 0 saturated heterocycles. The maximum absolute atomic E-state index is 12.4. The third kappa shape index (κ3) is 1.61. The van der Waals surface area contributed by atoms with E-state index in [1.54, 1.807) is 18.6 Å². The third-order valence-corrected chi connectivity index (χ3v) is 3.49. The molecule has 0 radical (unpaired) electrons. The number of carbonyl (C=O) groups excluding carboxylic acids is 1. The van der Waals surface area contributed by atoms with Crippen molar-refractivity contribution in [1.29, 1.82) is 0 Å². The highest BCUT2D eigenvalue weighted by atomic mass is 16.3. The van der Waals surface area contributed by atoms with Gasteiger partial charge in [-0.15, -0.1) is 0 Å². The van der Waals surface area contributed by atoms with Gasteiger partial charge in [-0.2, -0.15) is 0 Å². The molecule has 1 aliphatic carbocycles. The van der Waals surface area contributed by atoms with Gasteiger partial charge in [-0.1, -0.05) is 12.8 Å². The van der Waals surface area contributed by atoms with E-state index in [0.717, 1.165) is 25.7 Å². The van der Waals surface area contributed by atoms with Gasteiger partial charge in [0.2, 0.25) is 0 Å². The molecule has 0 atom stereocenters. The molecule has 0 amide bonds. The molecule has 0 aromatic carbocycles. The molecule has 1 saturated carbocycles. The number of hydrogen-bond donors (Lipinski definition) is 0. The number of rotatable bonds is 3. The fraction of sp³-hybridized carbons (Fsp3) is 0.583. The van der Waals surface area contributed by atoms with Crippen molar-refractivity contribution in [3.63, 3.8) is 0 Å². The SMILES string of the molecule is CN(C)C1(C(=O)c2ccoc2)CCCC1. The largest absolute Gasteiger partial charge is 0.472 e. The Balaban J connectivity index is 2.30. The summed E-state index contributed by atoms with van der Waals surface area (Å²) < 4.78 is 4.98. The second kappa shape index (κ2) is 3.81. The second-order valence-corrected chi connectivity index (χ2v) is 4.47. The van der Waals surface area contributed by atoms with Crippen LogP contribution in [0.3, 0.4) is 0 Å². The molecule has 1 heterocycles. The smallest absolute Gasteiger partial charge is 0.186 e. The summed E-state index contributed by atoms with van der Waals surface area (Å²) in [5.41, 5.74) is 0.412. The lowest BCUT2D eigenvalue weighted by Crippen LogP contribution is -2.48. The van der Waals surface area contributed by atoms with Crippen molar-refractivity contribution in [2.45, 2.75) is 31.2 Å². The van der Waals surface area contributed by atoms with Gasteiger partial charge in [-0.05, 0) is 33.0 Å². The van der Waals surface area contributed by atoms with Crippen LogP contribution in [0.1, 0.15) is 36.0 Å². The van der Waals surface area contributed by atoms with Crippen LogP contribution in [0.25, 0.3) is 0 Å². The molecule has 1 aliphatic rings. The van der Waals surface area contributed by atoms with Crippen molar-refractivity contribution in [2.24, 2.45) is 0 Å². The number of likely N-dealkylation sites (N-methyl/N-ethyl adjacent to an activating group) is 1. The van der Waals surface area contributed by atoms with E-state index in [9.17, 15) is 4.79 Å². The number of ketones is 1. The first kappa shape index (κ1) is 10.4. The zero-order valence-corrected chi connectivity index (χ0v) is 9.32. The number of furan rings is 1. The van der Waals surface area contributed by atoms with Crippen LogP contribution in [0.15, 0.2) is 23.0 Å². The van der Waals surface area contributed by atoms with Crippen LogP contribution in [-0.2, 0) is 0 Å². The quantitative estimate of drug-likeness (QED) is 0.713. The molecular formula is C12H17NO2. The maximum atomic E-state index is 12.4. The molecule has 1 fully saturated rings. The van der Waals surface area contributed by atoms with Gasteiger partial charge in [0.15, 0.2) is 5.78 Å². The Kier molecular flexibility index (Phi) is 2.65. The molecule has 2 rings (SSSR count). The summed E-state index contributed by atoms with van der Waals surface area (Å²) in [5, 5.41) is 0. The minimum Gasteiger partial charge on any atom is -0.472 e. The highest BCUT2D eigenvalue weighted by Gasteiger charge is 2.43. The Morgan fingerprint density at radius 1 is 1.40 bits per heavy atom. The van der Waals surface area contributed by atoms with Gasteiger partial charge in [0.1, 0.15) is 6.26 Å². The van der Waals surface area contributed by atoms with Crippen LogP contribution < -0.4 is 0 Å². The van der Waals surface area contributed by atoms with Crippen molar-refractivity contribution in [2.75, 3.05) is 14.1 Å². The fourth-order valence-corrected chi connectivity index (χ4v) is 2.50. The Morgan fingerprint density at radius 3 is 2.53 bits per heavy atom. The van der Waals surface area contributed by atoms with Crippen molar-refractivity contribution < 1.29 is 9.21 Å². The maximum Gasteiger partial charge on any atom is 0.186 e. The predicted octanol–water partition coefficient (Wildman–Crippen LogP) is 2.34. The van der Waals surface area contributed by atoms with Gasteiger partial charge in [0, 0.05) is 0 Å².